The highest BCUT2D eigenvalue weighted by Gasteiger charge is 2.25. The van der Waals surface area contributed by atoms with Gasteiger partial charge in [-0.15, -0.1) is 0 Å². The third-order valence-corrected chi connectivity index (χ3v) is 3.92. The highest BCUT2D eigenvalue weighted by atomic mass is 16.6. The van der Waals surface area contributed by atoms with Crippen molar-refractivity contribution in [2.45, 2.75) is 26.4 Å². The molecule has 6 nitrogen and oxygen atoms in total. The van der Waals surface area contributed by atoms with Crippen LogP contribution in [-0.4, -0.2) is 49.0 Å². The Bertz CT molecular complexity index is 679. The summed E-state index contributed by atoms with van der Waals surface area (Å²) in [5.41, 5.74) is 7.58. The van der Waals surface area contributed by atoms with Crippen LogP contribution >= 0.6 is 0 Å². The lowest BCUT2D eigenvalue weighted by Gasteiger charge is -2.36. The van der Waals surface area contributed by atoms with Gasteiger partial charge in [-0.2, -0.15) is 0 Å². The van der Waals surface area contributed by atoms with Crippen molar-refractivity contribution in [3.05, 3.63) is 48.7 Å². The highest BCUT2D eigenvalue weighted by molar-refractivity contribution is 5.79. The minimum Gasteiger partial charge on any atom is -0.444 e. The summed E-state index contributed by atoms with van der Waals surface area (Å²) < 4.78 is 5.43. The molecule has 0 unspecified atom stereocenters. The Kier molecular flexibility index (Phi) is 6.44. The Balaban J connectivity index is 1.91. The molecule has 26 heavy (non-hydrogen) atoms. The summed E-state index contributed by atoms with van der Waals surface area (Å²) in [5, 5.41) is 0. The molecule has 1 saturated heterocycles. The van der Waals surface area contributed by atoms with Gasteiger partial charge in [0.1, 0.15) is 5.60 Å². The maximum Gasteiger partial charge on any atom is 0.410 e. The molecule has 1 aliphatic heterocycles. The number of ether oxygens (including phenoxy) is 1. The molecule has 1 fully saturated rings. The molecule has 1 aromatic rings. The van der Waals surface area contributed by atoms with Crippen molar-refractivity contribution >= 4 is 23.7 Å². The SMILES string of the molecule is C=C(/N=C\C=C/N)c1ccc(N2CCN(C(=O)OC(C)(C)C)CC2)cc1. The van der Waals surface area contributed by atoms with Crippen LogP contribution in [0.5, 0.6) is 0 Å². The molecular weight excluding hydrogens is 328 g/mol. The predicted octanol–water partition coefficient (Wildman–Crippen LogP) is 3.26. The molecule has 1 heterocycles. The maximum atomic E-state index is 12.1. The molecular formula is C20H28N4O2. The zero-order valence-electron chi connectivity index (χ0n) is 15.8. The molecule has 140 valence electrons. The molecule has 0 aliphatic carbocycles. The number of piperazine rings is 1. The van der Waals surface area contributed by atoms with E-state index < -0.39 is 5.60 Å². The number of carbonyl (C=O) groups excluding carboxylic acids is 1. The van der Waals surface area contributed by atoms with Gasteiger partial charge >= 0.3 is 6.09 Å². The van der Waals surface area contributed by atoms with Crippen LogP contribution in [-0.2, 0) is 4.74 Å². The first-order valence-electron chi connectivity index (χ1n) is 8.73. The molecule has 0 spiro atoms. The van der Waals surface area contributed by atoms with Gasteiger partial charge in [-0.3, -0.25) is 4.99 Å². The van der Waals surface area contributed by atoms with Gasteiger partial charge in [-0.1, -0.05) is 18.7 Å². The number of hydrogen-bond acceptors (Lipinski definition) is 5. The number of nitrogens with zero attached hydrogens (tertiary/aromatic N) is 3. The second-order valence-corrected chi connectivity index (χ2v) is 7.11. The first-order valence-corrected chi connectivity index (χ1v) is 8.73. The number of anilines is 1. The smallest absolute Gasteiger partial charge is 0.410 e. The van der Waals surface area contributed by atoms with E-state index in [1.807, 2.05) is 32.9 Å². The average Bonchev–Trinajstić information content (AvgIpc) is 2.61. The summed E-state index contributed by atoms with van der Waals surface area (Å²) in [7, 11) is 0. The Hall–Kier alpha value is -2.76. The molecule has 0 radical (unpaired) electrons. The van der Waals surface area contributed by atoms with E-state index in [4.69, 9.17) is 10.5 Å². The zero-order valence-corrected chi connectivity index (χ0v) is 15.8. The summed E-state index contributed by atoms with van der Waals surface area (Å²) in [5.74, 6) is 0. The number of nitrogens with two attached hydrogens (primary N) is 1. The van der Waals surface area contributed by atoms with Crippen LogP contribution in [0.25, 0.3) is 5.70 Å². The third-order valence-electron chi connectivity index (χ3n) is 3.92. The monoisotopic (exact) mass is 356 g/mol. The quantitative estimate of drug-likeness (QED) is 0.841. The number of amides is 1. The fraction of sp³-hybridized carbons (Fsp3) is 0.400. The minimum atomic E-state index is -0.463. The number of rotatable bonds is 4. The first kappa shape index (κ1) is 19.6. The number of aliphatic imine (C=N–C) groups is 1. The van der Waals surface area contributed by atoms with E-state index in [2.05, 4.69) is 28.6 Å². The van der Waals surface area contributed by atoms with E-state index in [1.54, 1.807) is 17.2 Å². The van der Waals surface area contributed by atoms with Crippen molar-refractivity contribution in [3.63, 3.8) is 0 Å². The van der Waals surface area contributed by atoms with Gasteiger partial charge in [0.15, 0.2) is 0 Å². The second kappa shape index (κ2) is 8.56. The summed E-state index contributed by atoms with van der Waals surface area (Å²) in [4.78, 5) is 20.4. The van der Waals surface area contributed by atoms with Crippen LogP contribution in [0.4, 0.5) is 10.5 Å². The predicted molar refractivity (Wildman–Crippen MR) is 107 cm³/mol. The van der Waals surface area contributed by atoms with Crippen LogP contribution < -0.4 is 10.6 Å². The second-order valence-electron chi connectivity index (χ2n) is 7.11. The minimum absolute atomic E-state index is 0.242. The Morgan fingerprint density at radius 2 is 1.81 bits per heavy atom. The van der Waals surface area contributed by atoms with E-state index >= 15 is 0 Å². The van der Waals surface area contributed by atoms with Gasteiger partial charge in [-0.05, 0) is 50.7 Å². The van der Waals surface area contributed by atoms with Gasteiger partial charge in [0.2, 0.25) is 0 Å². The van der Waals surface area contributed by atoms with Crippen LogP contribution in [0, 0.1) is 0 Å². The van der Waals surface area contributed by atoms with Gasteiger partial charge in [-0.25, -0.2) is 4.79 Å². The van der Waals surface area contributed by atoms with Gasteiger partial charge in [0.25, 0.3) is 0 Å². The van der Waals surface area contributed by atoms with E-state index in [-0.39, 0.29) is 6.09 Å². The lowest BCUT2D eigenvalue weighted by Crippen LogP contribution is -2.50. The lowest BCUT2D eigenvalue weighted by molar-refractivity contribution is 0.0240. The zero-order chi connectivity index (χ0) is 19.2. The molecule has 2 rings (SSSR count). The van der Waals surface area contributed by atoms with E-state index in [9.17, 15) is 4.79 Å². The highest BCUT2D eigenvalue weighted by Crippen LogP contribution is 2.21. The first-order chi connectivity index (χ1) is 12.3. The molecule has 1 amide bonds. The molecule has 6 heteroatoms. The van der Waals surface area contributed by atoms with Gasteiger partial charge < -0.3 is 20.3 Å². The van der Waals surface area contributed by atoms with Crippen molar-refractivity contribution in [3.8, 4) is 0 Å². The van der Waals surface area contributed by atoms with Crippen molar-refractivity contribution in [1.29, 1.82) is 0 Å². The topological polar surface area (TPSA) is 71.2 Å². The van der Waals surface area contributed by atoms with Crippen molar-refractivity contribution < 1.29 is 9.53 Å². The van der Waals surface area contributed by atoms with E-state index in [0.29, 0.717) is 18.8 Å². The summed E-state index contributed by atoms with van der Waals surface area (Å²) in [6, 6.07) is 8.11. The number of allylic oxidation sites excluding steroid dienone is 1. The van der Waals surface area contributed by atoms with Crippen molar-refractivity contribution in [2.75, 3.05) is 31.1 Å². The van der Waals surface area contributed by atoms with Crippen molar-refractivity contribution in [1.82, 2.24) is 4.90 Å². The molecule has 0 atom stereocenters. The van der Waals surface area contributed by atoms with Crippen LogP contribution in [0.15, 0.2) is 48.1 Å². The number of hydrogen-bond donors (Lipinski definition) is 1. The molecule has 0 aromatic heterocycles. The third kappa shape index (κ3) is 5.65. The van der Waals surface area contributed by atoms with Crippen LogP contribution in [0.1, 0.15) is 26.3 Å². The lowest BCUT2D eigenvalue weighted by atomic mass is 10.1. The molecule has 1 aliphatic rings. The number of carbonyl (C=O) groups is 1. The molecule has 2 N–H and O–H groups in total. The Morgan fingerprint density at radius 1 is 1.19 bits per heavy atom. The Labute approximate surface area is 155 Å². The standard InChI is InChI=1S/C20H28N4O2/c1-16(22-11-5-10-21)17-6-8-18(9-7-17)23-12-14-24(15-13-23)19(25)26-20(2,3)4/h5-11H,1,12-15,21H2,2-4H3/b10-5-,22-11-. The normalized spacial score (nSPS) is 15.7. The fourth-order valence-electron chi connectivity index (χ4n) is 2.60. The summed E-state index contributed by atoms with van der Waals surface area (Å²) in [6.45, 7) is 12.5. The van der Waals surface area contributed by atoms with Gasteiger partial charge in [0.05, 0.1) is 5.70 Å². The average molecular weight is 356 g/mol. The van der Waals surface area contributed by atoms with Gasteiger partial charge in [0, 0.05) is 38.1 Å². The van der Waals surface area contributed by atoms with E-state index in [1.165, 1.54) is 6.20 Å². The Morgan fingerprint density at radius 3 is 2.35 bits per heavy atom. The fourth-order valence-corrected chi connectivity index (χ4v) is 2.60. The maximum absolute atomic E-state index is 12.1. The summed E-state index contributed by atoms with van der Waals surface area (Å²) in [6.07, 6.45) is 4.46. The molecule has 0 saturated carbocycles. The largest absolute Gasteiger partial charge is 0.444 e. The number of benzene rings is 1. The van der Waals surface area contributed by atoms with Crippen LogP contribution in [0.3, 0.4) is 0 Å². The molecule has 1 aromatic carbocycles. The van der Waals surface area contributed by atoms with E-state index in [0.717, 1.165) is 24.3 Å². The summed E-state index contributed by atoms with van der Waals surface area (Å²) >= 11 is 0. The van der Waals surface area contributed by atoms with Crippen molar-refractivity contribution in [2.24, 2.45) is 10.7 Å². The molecule has 0 bridgehead atoms. The van der Waals surface area contributed by atoms with Crippen LogP contribution in [0.2, 0.25) is 0 Å².